The maximum Gasteiger partial charge on any atom is 0.252 e. The number of hydrogen-bond acceptors (Lipinski definition) is 5. The van der Waals surface area contributed by atoms with Crippen molar-refractivity contribution >= 4 is 17.0 Å². The zero-order chi connectivity index (χ0) is 17.8. The van der Waals surface area contributed by atoms with Crippen LogP contribution in [0.5, 0.6) is 0 Å². The van der Waals surface area contributed by atoms with Crippen LogP contribution >= 0.6 is 0 Å². The zero-order valence-corrected chi connectivity index (χ0v) is 15.7. The van der Waals surface area contributed by atoms with Crippen molar-refractivity contribution in [1.29, 1.82) is 0 Å². The molecule has 4 heterocycles. The van der Waals surface area contributed by atoms with E-state index in [-0.39, 0.29) is 5.56 Å². The molecule has 2 aromatic rings. The Balaban J connectivity index is 1.56. The molecule has 0 bridgehead atoms. The molecule has 0 radical (unpaired) electrons. The van der Waals surface area contributed by atoms with E-state index in [0.717, 1.165) is 48.5 Å². The van der Waals surface area contributed by atoms with Crippen LogP contribution in [-0.2, 0) is 0 Å². The smallest absolute Gasteiger partial charge is 0.252 e. The molecular formula is C20H27N5O. The van der Waals surface area contributed by atoms with Crippen LogP contribution < -0.4 is 10.5 Å². The fourth-order valence-corrected chi connectivity index (χ4v) is 5.32. The van der Waals surface area contributed by atoms with Gasteiger partial charge in [0.2, 0.25) is 5.95 Å². The zero-order valence-electron chi connectivity index (χ0n) is 15.7. The minimum Gasteiger partial charge on any atom is -0.340 e. The number of hydrogen-bond donors (Lipinski definition) is 0. The molecular weight excluding hydrogens is 326 g/mol. The van der Waals surface area contributed by atoms with Crippen LogP contribution in [0.15, 0.2) is 17.1 Å². The highest BCUT2D eigenvalue weighted by atomic mass is 16.1. The molecule has 0 N–H and O–H groups in total. The molecule has 2 aromatic heterocycles. The minimum atomic E-state index is 0.0893. The summed E-state index contributed by atoms with van der Waals surface area (Å²) >= 11 is 0. The first-order valence-electron chi connectivity index (χ1n) is 9.92. The van der Waals surface area contributed by atoms with Gasteiger partial charge in [-0.3, -0.25) is 9.36 Å². The summed E-state index contributed by atoms with van der Waals surface area (Å²) < 4.78 is 1.95. The first kappa shape index (κ1) is 16.2. The van der Waals surface area contributed by atoms with E-state index >= 15 is 0 Å². The third-order valence-corrected chi connectivity index (χ3v) is 6.63. The fourth-order valence-electron chi connectivity index (χ4n) is 5.32. The molecule has 2 unspecified atom stereocenters. The molecule has 26 heavy (non-hydrogen) atoms. The molecule has 3 aliphatic rings. The summed E-state index contributed by atoms with van der Waals surface area (Å²) in [7, 11) is 2.21. The molecule has 5 rings (SSSR count). The van der Waals surface area contributed by atoms with Crippen LogP contribution in [0.3, 0.4) is 0 Å². The van der Waals surface area contributed by atoms with Crippen LogP contribution in [0.4, 0.5) is 5.95 Å². The third kappa shape index (κ3) is 2.54. The molecule has 6 heteroatoms. The summed E-state index contributed by atoms with van der Waals surface area (Å²) in [5.74, 6) is 2.23. The van der Waals surface area contributed by atoms with Crippen molar-refractivity contribution in [1.82, 2.24) is 19.4 Å². The fraction of sp³-hybridized carbons (Fsp3) is 0.650. The van der Waals surface area contributed by atoms with Crippen LogP contribution in [0.1, 0.15) is 37.3 Å². The largest absolute Gasteiger partial charge is 0.340 e. The highest BCUT2D eigenvalue weighted by Crippen LogP contribution is 2.34. The Kier molecular flexibility index (Phi) is 3.78. The number of rotatable bonds is 2. The maximum atomic E-state index is 12.8. The van der Waals surface area contributed by atoms with Gasteiger partial charge in [-0.1, -0.05) is 12.8 Å². The molecule has 2 saturated heterocycles. The van der Waals surface area contributed by atoms with Gasteiger partial charge in [0.15, 0.2) is 0 Å². The van der Waals surface area contributed by atoms with Crippen LogP contribution in [0, 0.1) is 18.8 Å². The number of fused-ring (bicyclic) bond motifs is 2. The molecule has 6 nitrogen and oxygen atoms in total. The van der Waals surface area contributed by atoms with Crippen molar-refractivity contribution in [3.05, 3.63) is 28.2 Å². The van der Waals surface area contributed by atoms with Crippen molar-refractivity contribution in [3.63, 3.8) is 0 Å². The van der Waals surface area contributed by atoms with Crippen molar-refractivity contribution in [2.24, 2.45) is 11.8 Å². The van der Waals surface area contributed by atoms with Crippen molar-refractivity contribution < 1.29 is 0 Å². The number of pyridine rings is 1. The van der Waals surface area contributed by atoms with E-state index in [1.54, 1.807) is 6.07 Å². The molecule has 0 amide bonds. The van der Waals surface area contributed by atoms with Gasteiger partial charge in [0.05, 0.1) is 0 Å². The normalized spacial score (nSPS) is 26.9. The Morgan fingerprint density at radius 1 is 1.08 bits per heavy atom. The van der Waals surface area contributed by atoms with E-state index in [9.17, 15) is 4.79 Å². The van der Waals surface area contributed by atoms with Gasteiger partial charge in [-0.2, -0.15) is 4.98 Å². The third-order valence-electron chi connectivity index (χ3n) is 6.63. The number of aryl methyl sites for hydroxylation is 1. The van der Waals surface area contributed by atoms with Gasteiger partial charge in [-0.15, -0.1) is 0 Å². The Bertz CT molecular complexity index is 887. The average molecular weight is 353 g/mol. The topological polar surface area (TPSA) is 54.3 Å². The predicted octanol–water partition coefficient (Wildman–Crippen LogP) is 2.21. The second-order valence-corrected chi connectivity index (χ2v) is 8.53. The van der Waals surface area contributed by atoms with E-state index in [0.29, 0.717) is 17.9 Å². The second-order valence-electron chi connectivity index (χ2n) is 8.53. The SMILES string of the molecule is Cc1cc(=O)n(C2CCCC2)c2nc(N3CC4CN(C)CC4C3)ncc12. The van der Waals surface area contributed by atoms with E-state index in [1.807, 2.05) is 17.7 Å². The highest BCUT2D eigenvalue weighted by Gasteiger charge is 2.39. The van der Waals surface area contributed by atoms with E-state index in [4.69, 9.17) is 4.98 Å². The number of aromatic nitrogens is 3. The lowest BCUT2D eigenvalue weighted by Crippen LogP contribution is -2.29. The average Bonchev–Trinajstić information content (AvgIpc) is 3.31. The standard InChI is InChI=1S/C20H27N5O/c1-13-7-18(26)25(16-5-3-4-6-16)19-17(13)8-21-20(22-19)24-11-14-9-23(2)10-15(14)12-24/h7-8,14-16H,3-6,9-12H2,1-2H3. The molecule has 3 fully saturated rings. The summed E-state index contributed by atoms with van der Waals surface area (Å²) in [6.45, 7) is 6.38. The quantitative estimate of drug-likeness (QED) is 0.829. The van der Waals surface area contributed by atoms with Crippen LogP contribution in [0.2, 0.25) is 0 Å². The van der Waals surface area contributed by atoms with E-state index < -0.39 is 0 Å². The van der Waals surface area contributed by atoms with Gasteiger partial charge in [-0.05, 0) is 44.2 Å². The Labute approximate surface area is 153 Å². The van der Waals surface area contributed by atoms with Crippen LogP contribution in [0.25, 0.3) is 11.0 Å². The predicted molar refractivity (Wildman–Crippen MR) is 103 cm³/mol. The second kappa shape index (κ2) is 6.05. The lowest BCUT2D eigenvalue weighted by molar-refractivity contribution is 0.386. The van der Waals surface area contributed by atoms with Crippen LogP contribution in [-0.4, -0.2) is 52.7 Å². The molecule has 2 atom stereocenters. The number of anilines is 1. The van der Waals surface area contributed by atoms with Crippen molar-refractivity contribution in [2.75, 3.05) is 38.1 Å². The molecule has 0 aromatic carbocycles. The maximum absolute atomic E-state index is 12.8. The first-order chi connectivity index (χ1) is 12.6. The van der Waals surface area contributed by atoms with Crippen molar-refractivity contribution in [3.8, 4) is 0 Å². The molecule has 2 aliphatic heterocycles. The van der Waals surface area contributed by atoms with Gasteiger partial charge in [-0.25, -0.2) is 4.98 Å². The minimum absolute atomic E-state index is 0.0893. The molecule has 138 valence electrons. The summed E-state index contributed by atoms with van der Waals surface area (Å²) in [5, 5.41) is 1.01. The summed E-state index contributed by atoms with van der Waals surface area (Å²) in [5.41, 5.74) is 1.90. The van der Waals surface area contributed by atoms with Gasteiger partial charge < -0.3 is 9.80 Å². The lowest BCUT2D eigenvalue weighted by Gasteiger charge is -2.21. The highest BCUT2D eigenvalue weighted by molar-refractivity contribution is 5.79. The molecule has 0 spiro atoms. The monoisotopic (exact) mass is 353 g/mol. The molecule has 1 aliphatic carbocycles. The number of likely N-dealkylation sites (tertiary alicyclic amines) is 1. The Hall–Kier alpha value is -1.95. The van der Waals surface area contributed by atoms with E-state index in [2.05, 4.69) is 21.8 Å². The summed E-state index contributed by atoms with van der Waals surface area (Å²) in [6.07, 6.45) is 6.49. The Morgan fingerprint density at radius 3 is 2.46 bits per heavy atom. The molecule has 1 saturated carbocycles. The summed E-state index contributed by atoms with van der Waals surface area (Å²) in [4.78, 5) is 27.1. The van der Waals surface area contributed by atoms with Crippen molar-refractivity contribution in [2.45, 2.75) is 38.6 Å². The lowest BCUT2D eigenvalue weighted by atomic mass is 10.0. The first-order valence-corrected chi connectivity index (χ1v) is 9.92. The number of nitrogens with zero attached hydrogens (tertiary/aromatic N) is 5. The van der Waals surface area contributed by atoms with Gasteiger partial charge in [0, 0.05) is 49.9 Å². The Morgan fingerprint density at radius 2 is 1.77 bits per heavy atom. The van der Waals surface area contributed by atoms with E-state index in [1.165, 1.54) is 25.9 Å². The van der Waals surface area contributed by atoms with Gasteiger partial charge in [0.25, 0.3) is 5.56 Å². The van der Waals surface area contributed by atoms with Gasteiger partial charge in [0.1, 0.15) is 5.65 Å². The summed E-state index contributed by atoms with van der Waals surface area (Å²) in [6, 6.07) is 2.04. The van der Waals surface area contributed by atoms with Gasteiger partial charge >= 0.3 is 0 Å².